The van der Waals surface area contributed by atoms with Crippen LogP contribution in [0.25, 0.3) is 27.8 Å². The van der Waals surface area contributed by atoms with E-state index in [2.05, 4.69) is 5.32 Å². The molecule has 0 fully saturated rings. The Balaban J connectivity index is 1.52. The summed E-state index contributed by atoms with van der Waals surface area (Å²) in [6.07, 6.45) is -4.01. The van der Waals surface area contributed by atoms with Crippen molar-refractivity contribution in [3.8, 4) is 16.9 Å². The van der Waals surface area contributed by atoms with Gasteiger partial charge in [-0.05, 0) is 61.5 Å². The van der Waals surface area contributed by atoms with Gasteiger partial charge in [-0.15, -0.1) is 0 Å². The summed E-state index contributed by atoms with van der Waals surface area (Å²) in [6, 6.07) is 18.8. The lowest BCUT2D eigenvalue weighted by Crippen LogP contribution is -2.38. The molecular formula is C28H19ClF4N4O2. The summed E-state index contributed by atoms with van der Waals surface area (Å²) in [6.45, 7) is 1.55. The number of hydrogen-bond donors (Lipinski definition) is 1. The van der Waals surface area contributed by atoms with Crippen molar-refractivity contribution in [3.05, 3.63) is 118 Å². The molecule has 11 heteroatoms. The van der Waals surface area contributed by atoms with Gasteiger partial charge in [0.1, 0.15) is 11.5 Å². The first kappa shape index (κ1) is 26.2. The van der Waals surface area contributed by atoms with E-state index in [0.29, 0.717) is 38.9 Å². The Kier molecular flexibility index (Phi) is 6.73. The lowest BCUT2D eigenvalue weighted by Gasteiger charge is -2.15. The molecule has 39 heavy (non-hydrogen) atoms. The van der Waals surface area contributed by atoms with Crippen LogP contribution >= 0.6 is 11.6 Å². The summed E-state index contributed by atoms with van der Waals surface area (Å²) < 4.78 is 53.7. The highest BCUT2D eigenvalue weighted by molar-refractivity contribution is 6.33. The molecule has 2 aromatic heterocycles. The number of nitrogens with zero attached hydrogens (tertiary/aromatic N) is 3. The van der Waals surface area contributed by atoms with Crippen molar-refractivity contribution in [3.63, 3.8) is 0 Å². The van der Waals surface area contributed by atoms with E-state index in [9.17, 15) is 27.6 Å². The number of benzene rings is 3. The van der Waals surface area contributed by atoms with Crippen LogP contribution in [0.4, 0.5) is 17.6 Å². The predicted octanol–water partition coefficient (Wildman–Crippen LogP) is 6.63. The third-order valence-corrected chi connectivity index (χ3v) is 6.55. The highest BCUT2D eigenvalue weighted by Crippen LogP contribution is 2.34. The SMILES string of the molecule is C[C@@H](NC(=O)c1ccc2c(-c3ccccc3Cl)nn(-c3ccc(F)cc3)c2c1)c1ccc(C(F)(F)F)[n+]([O-])c1. The molecule has 6 nitrogen and oxygen atoms in total. The Morgan fingerprint density at radius 1 is 1.05 bits per heavy atom. The molecule has 198 valence electrons. The molecule has 3 aromatic carbocycles. The fraction of sp³-hybridized carbons (Fsp3) is 0.107. The Morgan fingerprint density at radius 3 is 2.44 bits per heavy atom. The molecule has 5 rings (SSSR count). The van der Waals surface area contributed by atoms with Crippen LogP contribution in [0.15, 0.2) is 85.1 Å². The normalized spacial score (nSPS) is 12.5. The number of hydrogen-bond acceptors (Lipinski definition) is 3. The average molecular weight is 555 g/mol. The van der Waals surface area contributed by atoms with E-state index in [-0.39, 0.29) is 15.9 Å². The van der Waals surface area contributed by atoms with Gasteiger partial charge in [0, 0.05) is 28.1 Å². The molecule has 2 heterocycles. The van der Waals surface area contributed by atoms with E-state index in [1.165, 1.54) is 12.1 Å². The minimum Gasteiger partial charge on any atom is -0.618 e. The molecule has 0 bridgehead atoms. The van der Waals surface area contributed by atoms with Crippen LogP contribution in [0.1, 0.15) is 34.6 Å². The van der Waals surface area contributed by atoms with Crippen molar-refractivity contribution in [1.29, 1.82) is 0 Å². The van der Waals surface area contributed by atoms with Gasteiger partial charge in [0.15, 0.2) is 6.20 Å². The number of halogens is 5. The van der Waals surface area contributed by atoms with E-state index < -0.39 is 29.6 Å². The zero-order chi connectivity index (χ0) is 27.9. The van der Waals surface area contributed by atoms with Crippen molar-refractivity contribution in [2.45, 2.75) is 19.1 Å². The van der Waals surface area contributed by atoms with Gasteiger partial charge in [-0.2, -0.15) is 23.0 Å². The van der Waals surface area contributed by atoms with Crippen molar-refractivity contribution < 1.29 is 27.1 Å². The van der Waals surface area contributed by atoms with Crippen LogP contribution in [0.2, 0.25) is 5.02 Å². The third-order valence-electron chi connectivity index (χ3n) is 6.22. The number of alkyl halides is 3. The minimum absolute atomic E-state index is 0.199. The van der Waals surface area contributed by atoms with E-state index in [4.69, 9.17) is 16.7 Å². The third kappa shape index (κ3) is 5.15. The highest BCUT2D eigenvalue weighted by Gasteiger charge is 2.39. The van der Waals surface area contributed by atoms with Crippen LogP contribution in [0.5, 0.6) is 0 Å². The summed E-state index contributed by atoms with van der Waals surface area (Å²) in [5, 5.41) is 20.5. The number of pyridine rings is 1. The molecule has 0 spiro atoms. The maximum absolute atomic E-state index is 13.6. The maximum atomic E-state index is 13.6. The number of aromatic nitrogens is 3. The fourth-order valence-corrected chi connectivity index (χ4v) is 4.45. The van der Waals surface area contributed by atoms with E-state index >= 15 is 0 Å². The second-order valence-corrected chi connectivity index (χ2v) is 9.22. The molecule has 0 aliphatic rings. The molecule has 0 unspecified atom stereocenters. The zero-order valence-electron chi connectivity index (χ0n) is 20.2. The van der Waals surface area contributed by atoms with Crippen LogP contribution in [-0.2, 0) is 6.18 Å². The standard InChI is InChI=1S/C28H19ClF4N4O2/c1-16(18-7-13-25(28(31,32)33)36(39)15-18)34-27(38)17-6-12-22-24(14-17)37(20-10-8-19(30)9-11-20)35-26(22)21-4-2-3-5-23(21)29/h2-16H,1H3,(H,34,38)/t16-/m1/s1. The lowest BCUT2D eigenvalue weighted by atomic mass is 10.0. The van der Waals surface area contributed by atoms with Gasteiger partial charge in [0.05, 0.1) is 22.3 Å². The summed E-state index contributed by atoms with van der Waals surface area (Å²) in [4.78, 5) is 13.1. The molecule has 5 aromatic rings. The number of carbonyl (C=O) groups is 1. The van der Waals surface area contributed by atoms with Gasteiger partial charge in [-0.25, -0.2) is 9.07 Å². The molecule has 0 radical (unpaired) electrons. The predicted molar refractivity (Wildman–Crippen MR) is 138 cm³/mol. The minimum atomic E-state index is -4.79. The van der Waals surface area contributed by atoms with E-state index in [0.717, 1.165) is 12.3 Å². The van der Waals surface area contributed by atoms with Gasteiger partial charge in [0.2, 0.25) is 0 Å². The Labute approximate surface area is 224 Å². The number of amides is 1. The first-order chi connectivity index (χ1) is 18.5. The first-order valence-corrected chi connectivity index (χ1v) is 12.1. The van der Waals surface area contributed by atoms with Gasteiger partial charge >= 0.3 is 6.18 Å². The molecule has 1 amide bonds. The van der Waals surface area contributed by atoms with Gasteiger partial charge in [0.25, 0.3) is 11.6 Å². The van der Waals surface area contributed by atoms with Crippen molar-refractivity contribution in [2.75, 3.05) is 0 Å². The Morgan fingerprint density at radius 2 is 1.77 bits per heavy atom. The second kappa shape index (κ2) is 10.0. The Hall–Kier alpha value is -4.44. The van der Waals surface area contributed by atoms with Gasteiger partial charge < -0.3 is 10.5 Å². The van der Waals surface area contributed by atoms with Gasteiger partial charge in [-0.3, -0.25) is 4.79 Å². The molecule has 0 saturated carbocycles. The van der Waals surface area contributed by atoms with Crippen molar-refractivity contribution in [2.24, 2.45) is 0 Å². The fourth-order valence-electron chi connectivity index (χ4n) is 4.22. The maximum Gasteiger partial charge on any atom is 0.478 e. The monoisotopic (exact) mass is 554 g/mol. The van der Waals surface area contributed by atoms with Gasteiger partial charge in [-0.1, -0.05) is 29.8 Å². The summed E-state index contributed by atoms with van der Waals surface area (Å²) in [5.41, 5.74) is 1.42. The van der Waals surface area contributed by atoms with Crippen LogP contribution in [-0.4, -0.2) is 15.7 Å². The first-order valence-electron chi connectivity index (χ1n) is 11.7. The van der Waals surface area contributed by atoms with Crippen LogP contribution in [0.3, 0.4) is 0 Å². The lowest BCUT2D eigenvalue weighted by molar-refractivity contribution is -0.629. The van der Waals surface area contributed by atoms with E-state index in [1.807, 2.05) is 12.1 Å². The molecule has 0 saturated heterocycles. The smallest absolute Gasteiger partial charge is 0.478 e. The zero-order valence-corrected chi connectivity index (χ0v) is 21.0. The molecule has 1 atom stereocenters. The second-order valence-electron chi connectivity index (χ2n) is 8.81. The van der Waals surface area contributed by atoms with Crippen molar-refractivity contribution >= 4 is 28.4 Å². The quantitative estimate of drug-likeness (QED) is 0.151. The van der Waals surface area contributed by atoms with Crippen LogP contribution < -0.4 is 10.0 Å². The summed E-state index contributed by atoms with van der Waals surface area (Å²) in [7, 11) is 0. The Bertz CT molecular complexity index is 1700. The number of nitrogens with one attached hydrogen (secondary N) is 1. The molecule has 0 aliphatic heterocycles. The number of fused-ring (bicyclic) bond motifs is 1. The molecule has 1 N–H and O–H groups in total. The number of carbonyl (C=O) groups excluding carboxylic acids is 1. The average Bonchev–Trinajstić information content (AvgIpc) is 3.27. The molecule has 0 aliphatic carbocycles. The number of rotatable bonds is 5. The van der Waals surface area contributed by atoms with Crippen LogP contribution in [0, 0.1) is 11.0 Å². The van der Waals surface area contributed by atoms with Crippen molar-refractivity contribution in [1.82, 2.24) is 15.1 Å². The summed E-state index contributed by atoms with van der Waals surface area (Å²) in [5.74, 6) is -0.939. The van der Waals surface area contributed by atoms with E-state index in [1.54, 1.807) is 54.1 Å². The largest absolute Gasteiger partial charge is 0.618 e. The topological polar surface area (TPSA) is 73.9 Å². The summed E-state index contributed by atoms with van der Waals surface area (Å²) >= 11 is 6.43. The highest BCUT2D eigenvalue weighted by atomic mass is 35.5. The molecular weight excluding hydrogens is 536 g/mol.